The van der Waals surface area contributed by atoms with Crippen LogP contribution in [0.3, 0.4) is 0 Å². The second-order valence-corrected chi connectivity index (χ2v) is 6.01. The Morgan fingerprint density at radius 1 is 1.08 bits per heavy atom. The van der Waals surface area contributed by atoms with E-state index in [-0.39, 0.29) is 11.8 Å². The van der Waals surface area contributed by atoms with Crippen LogP contribution >= 0.6 is 0 Å². The Morgan fingerprint density at radius 3 is 2.73 bits per heavy atom. The first-order chi connectivity index (χ1) is 12.7. The molecule has 4 aromatic rings. The van der Waals surface area contributed by atoms with E-state index >= 15 is 0 Å². The quantitative estimate of drug-likeness (QED) is 0.519. The van der Waals surface area contributed by atoms with Gasteiger partial charge in [0.05, 0.1) is 22.9 Å². The van der Waals surface area contributed by atoms with Crippen LogP contribution in [0.1, 0.15) is 11.7 Å². The maximum atomic E-state index is 13.3. The molecule has 3 heterocycles. The average Bonchev–Trinajstić information content (AvgIpc) is 3.26. The molecule has 0 bridgehead atoms. The largest absolute Gasteiger partial charge is 0.370 e. The number of aliphatic imine (C=N–C) groups is 1. The highest BCUT2D eigenvalue weighted by molar-refractivity contribution is 5.94. The third kappa shape index (κ3) is 2.16. The summed E-state index contributed by atoms with van der Waals surface area (Å²) >= 11 is 0. The summed E-state index contributed by atoms with van der Waals surface area (Å²) in [6.45, 7) is 0. The van der Waals surface area contributed by atoms with Crippen LogP contribution in [-0.2, 0) is 0 Å². The second-order valence-electron chi connectivity index (χ2n) is 6.01. The summed E-state index contributed by atoms with van der Waals surface area (Å²) in [7, 11) is 0. The summed E-state index contributed by atoms with van der Waals surface area (Å²) in [6.07, 6.45) is 1.28. The molecule has 0 saturated carbocycles. The lowest BCUT2D eigenvalue weighted by Crippen LogP contribution is -2.31. The first-order valence-electron chi connectivity index (χ1n) is 8.07. The number of nitrogens with two attached hydrogens (primary N) is 1. The Kier molecular flexibility index (Phi) is 3.05. The molecular weight excluding hydrogens is 333 g/mol. The van der Waals surface area contributed by atoms with Crippen LogP contribution < -0.4 is 11.1 Å². The number of imidazole rings is 1. The molecule has 7 nitrogen and oxygen atoms in total. The normalized spacial score (nSPS) is 16.2. The lowest BCUT2D eigenvalue weighted by molar-refractivity contribution is 0.626. The van der Waals surface area contributed by atoms with Crippen LogP contribution in [0.15, 0.2) is 59.7 Å². The molecule has 128 valence electrons. The highest BCUT2D eigenvalue weighted by atomic mass is 19.1. The van der Waals surface area contributed by atoms with Gasteiger partial charge in [-0.3, -0.25) is 15.0 Å². The van der Waals surface area contributed by atoms with Crippen molar-refractivity contribution in [2.24, 2.45) is 10.7 Å². The molecule has 1 aliphatic heterocycles. The topological polar surface area (TPSA) is 96.9 Å². The van der Waals surface area contributed by atoms with Crippen molar-refractivity contribution < 1.29 is 4.39 Å². The summed E-state index contributed by atoms with van der Waals surface area (Å²) in [5, 5.41) is 10.2. The minimum absolute atomic E-state index is 0.282. The Morgan fingerprint density at radius 2 is 1.88 bits per heavy atom. The Bertz CT molecular complexity index is 1140. The molecule has 0 amide bonds. The molecule has 0 fully saturated rings. The van der Waals surface area contributed by atoms with Crippen molar-refractivity contribution in [3.63, 3.8) is 0 Å². The number of aromatic amines is 1. The van der Waals surface area contributed by atoms with Crippen molar-refractivity contribution >= 4 is 22.9 Å². The third-order valence-electron chi connectivity index (χ3n) is 4.42. The Balaban J connectivity index is 1.71. The minimum Gasteiger partial charge on any atom is -0.370 e. The van der Waals surface area contributed by atoms with Crippen LogP contribution in [0.5, 0.6) is 0 Å². The standard InChI is InChI=1S/C18H14FN7/c19-11-7-5-10(6-8-11)15-12(9-21-25-15)16-23-17(20)24-18-22-13-3-1-2-4-14(13)26(16)18/h1-9,16H,(H,21,25)(H3,20,22,23,24)/t16-/m0/s1. The molecule has 26 heavy (non-hydrogen) atoms. The van der Waals surface area contributed by atoms with E-state index in [1.54, 1.807) is 18.3 Å². The van der Waals surface area contributed by atoms with E-state index in [4.69, 9.17) is 5.73 Å². The smallest absolute Gasteiger partial charge is 0.212 e. The van der Waals surface area contributed by atoms with Crippen molar-refractivity contribution in [3.05, 3.63) is 66.1 Å². The molecule has 2 aromatic heterocycles. The molecule has 1 aliphatic rings. The molecular formula is C18H14FN7. The van der Waals surface area contributed by atoms with Gasteiger partial charge >= 0.3 is 0 Å². The van der Waals surface area contributed by atoms with Crippen LogP contribution in [0, 0.1) is 5.82 Å². The maximum Gasteiger partial charge on any atom is 0.212 e. The van der Waals surface area contributed by atoms with E-state index in [1.807, 2.05) is 28.8 Å². The fourth-order valence-corrected chi connectivity index (χ4v) is 3.26. The zero-order valence-electron chi connectivity index (χ0n) is 13.5. The van der Waals surface area contributed by atoms with Gasteiger partial charge in [0.25, 0.3) is 0 Å². The zero-order valence-corrected chi connectivity index (χ0v) is 13.5. The van der Waals surface area contributed by atoms with E-state index in [1.165, 1.54) is 12.1 Å². The van der Waals surface area contributed by atoms with Gasteiger partial charge in [-0.05, 0) is 36.4 Å². The summed E-state index contributed by atoms with van der Waals surface area (Å²) in [4.78, 5) is 9.15. The molecule has 4 N–H and O–H groups in total. The van der Waals surface area contributed by atoms with Gasteiger partial charge in [0.1, 0.15) is 5.82 Å². The first kappa shape index (κ1) is 14.6. The van der Waals surface area contributed by atoms with Crippen LogP contribution in [0.2, 0.25) is 0 Å². The van der Waals surface area contributed by atoms with Crippen LogP contribution in [-0.4, -0.2) is 25.7 Å². The van der Waals surface area contributed by atoms with Gasteiger partial charge in [0.2, 0.25) is 5.95 Å². The predicted molar refractivity (Wildman–Crippen MR) is 97.1 cm³/mol. The SMILES string of the molecule is NC1=N[C@H](c2cn[nH]c2-c2ccc(F)cc2)n2c(nc3ccccc32)N1. The number of hydrogen-bond acceptors (Lipinski definition) is 5. The highest BCUT2D eigenvalue weighted by Gasteiger charge is 2.28. The van der Waals surface area contributed by atoms with Gasteiger partial charge < -0.3 is 5.73 Å². The van der Waals surface area contributed by atoms with Gasteiger partial charge in [0.15, 0.2) is 12.1 Å². The molecule has 8 heteroatoms. The molecule has 0 spiro atoms. The van der Waals surface area contributed by atoms with Crippen LogP contribution in [0.25, 0.3) is 22.3 Å². The van der Waals surface area contributed by atoms with Gasteiger partial charge in [-0.25, -0.2) is 14.4 Å². The van der Waals surface area contributed by atoms with Crippen molar-refractivity contribution in [2.45, 2.75) is 6.17 Å². The lowest BCUT2D eigenvalue weighted by atomic mass is 10.1. The summed E-state index contributed by atoms with van der Waals surface area (Å²) in [5.74, 6) is 0.612. The number of rotatable bonds is 2. The Labute approximate surface area is 147 Å². The van der Waals surface area contributed by atoms with Crippen LogP contribution in [0.4, 0.5) is 10.3 Å². The third-order valence-corrected chi connectivity index (χ3v) is 4.42. The number of H-pyrrole nitrogens is 1. The zero-order chi connectivity index (χ0) is 17.7. The number of nitrogens with zero attached hydrogens (tertiary/aromatic N) is 4. The van der Waals surface area contributed by atoms with E-state index < -0.39 is 6.17 Å². The number of fused-ring (bicyclic) bond motifs is 3. The molecule has 0 radical (unpaired) electrons. The molecule has 0 saturated heterocycles. The number of hydrogen-bond donors (Lipinski definition) is 3. The number of anilines is 1. The summed E-state index contributed by atoms with van der Waals surface area (Å²) in [5.41, 5.74) is 10.2. The fourth-order valence-electron chi connectivity index (χ4n) is 3.26. The predicted octanol–water partition coefficient (Wildman–Crippen LogP) is 2.85. The number of nitrogens with one attached hydrogen (secondary N) is 2. The Hall–Kier alpha value is -3.68. The van der Waals surface area contributed by atoms with Gasteiger partial charge in [-0.1, -0.05) is 12.1 Å². The molecule has 5 rings (SSSR count). The van der Waals surface area contributed by atoms with Crippen molar-refractivity contribution in [1.29, 1.82) is 0 Å². The van der Waals surface area contributed by atoms with Gasteiger partial charge in [-0.15, -0.1) is 0 Å². The number of guanidine groups is 1. The number of halogens is 1. The molecule has 1 atom stereocenters. The van der Waals surface area contributed by atoms with Crippen molar-refractivity contribution in [2.75, 3.05) is 5.32 Å². The molecule has 2 aromatic carbocycles. The van der Waals surface area contributed by atoms with E-state index in [0.29, 0.717) is 5.95 Å². The van der Waals surface area contributed by atoms with Crippen molar-refractivity contribution in [1.82, 2.24) is 19.7 Å². The monoisotopic (exact) mass is 347 g/mol. The van der Waals surface area contributed by atoms with E-state index in [9.17, 15) is 4.39 Å². The molecule has 0 aliphatic carbocycles. The van der Waals surface area contributed by atoms with E-state index in [0.717, 1.165) is 27.9 Å². The van der Waals surface area contributed by atoms with E-state index in [2.05, 4.69) is 25.5 Å². The van der Waals surface area contributed by atoms with Gasteiger partial charge in [0, 0.05) is 11.1 Å². The fraction of sp³-hybridized carbons (Fsp3) is 0.0556. The average molecular weight is 347 g/mol. The molecule has 0 unspecified atom stereocenters. The highest BCUT2D eigenvalue weighted by Crippen LogP contribution is 2.36. The van der Waals surface area contributed by atoms with Gasteiger partial charge in [-0.2, -0.15) is 5.10 Å². The first-order valence-corrected chi connectivity index (χ1v) is 8.07. The number of para-hydroxylation sites is 2. The summed E-state index contributed by atoms with van der Waals surface area (Å²) in [6, 6.07) is 14.0. The maximum absolute atomic E-state index is 13.3. The minimum atomic E-state index is -0.433. The number of benzene rings is 2. The second kappa shape index (κ2) is 5.41. The lowest BCUT2D eigenvalue weighted by Gasteiger charge is -2.23. The van der Waals surface area contributed by atoms with Crippen molar-refractivity contribution in [3.8, 4) is 11.3 Å². The summed E-state index contributed by atoms with van der Waals surface area (Å²) < 4.78 is 15.3. The number of aromatic nitrogens is 4.